The lowest BCUT2D eigenvalue weighted by Gasteiger charge is -2.36. The van der Waals surface area contributed by atoms with Crippen molar-refractivity contribution in [3.8, 4) is 0 Å². The average Bonchev–Trinajstić information content (AvgIpc) is 2.79. The van der Waals surface area contributed by atoms with Gasteiger partial charge in [0, 0.05) is 10.2 Å². The highest BCUT2D eigenvalue weighted by Crippen LogP contribution is 2.36. The van der Waals surface area contributed by atoms with Crippen LogP contribution in [0.4, 0.5) is 5.69 Å². The van der Waals surface area contributed by atoms with Gasteiger partial charge in [-0.3, -0.25) is 4.79 Å². The molecule has 1 fully saturated rings. The van der Waals surface area contributed by atoms with Gasteiger partial charge in [0.1, 0.15) is 6.10 Å². The summed E-state index contributed by atoms with van der Waals surface area (Å²) in [6.45, 7) is 5.93. The van der Waals surface area contributed by atoms with Gasteiger partial charge < -0.3 is 14.8 Å². The molecule has 34 heavy (non-hydrogen) atoms. The molecule has 1 amide bonds. The van der Waals surface area contributed by atoms with Gasteiger partial charge >= 0.3 is 11.9 Å². The minimum atomic E-state index is -0.769. The van der Waals surface area contributed by atoms with Crippen LogP contribution in [0.2, 0.25) is 5.02 Å². The molecular formula is C26H29BrClNO5. The van der Waals surface area contributed by atoms with Crippen molar-refractivity contribution < 1.29 is 23.9 Å². The second kappa shape index (κ2) is 11.8. The highest BCUT2D eigenvalue weighted by molar-refractivity contribution is 9.10. The molecule has 2 aromatic carbocycles. The minimum Gasteiger partial charge on any atom is -0.458 e. The predicted octanol–water partition coefficient (Wildman–Crippen LogP) is 6.52. The molecule has 0 aliphatic heterocycles. The fourth-order valence-corrected chi connectivity index (χ4v) is 4.70. The van der Waals surface area contributed by atoms with Crippen LogP contribution in [-0.4, -0.2) is 30.6 Å². The number of hydrogen-bond donors (Lipinski definition) is 1. The Kier molecular flexibility index (Phi) is 9.14. The number of amides is 1. The van der Waals surface area contributed by atoms with E-state index >= 15 is 0 Å². The highest BCUT2D eigenvalue weighted by atomic mass is 79.9. The van der Waals surface area contributed by atoms with E-state index in [1.807, 2.05) is 0 Å². The molecule has 0 unspecified atom stereocenters. The number of anilines is 1. The smallest absolute Gasteiger partial charge is 0.339 e. The second-order valence-electron chi connectivity index (χ2n) is 9.07. The van der Waals surface area contributed by atoms with Gasteiger partial charge in [-0.15, -0.1) is 0 Å². The van der Waals surface area contributed by atoms with Crippen molar-refractivity contribution >= 4 is 51.1 Å². The molecule has 0 radical (unpaired) electrons. The second-order valence-corrected chi connectivity index (χ2v) is 10.3. The Morgan fingerprint density at radius 1 is 1.09 bits per heavy atom. The molecule has 8 heteroatoms. The molecular weight excluding hydrogens is 522 g/mol. The number of nitrogens with one attached hydrogen (secondary N) is 1. The van der Waals surface area contributed by atoms with E-state index in [0.717, 1.165) is 19.3 Å². The number of rotatable bonds is 7. The van der Waals surface area contributed by atoms with Gasteiger partial charge in [0.25, 0.3) is 5.91 Å². The topological polar surface area (TPSA) is 81.7 Å². The van der Waals surface area contributed by atoms with Crippen molar-refractivity contribution in [2.24, 2.45) is 17.8 Å². The van der Waals surface area contributed by atoms with Crippen LogP contribution < -0.4 is 5.32 Å². The summed E-state index contributed by atoms with van der Waals surface area (Å²) in [5, 5.41) is 3.05. The normalized spacial score (nSPS) is 20.0. The Labute approximate surface area is 213 Å². The van der Waals surface area contributed by atoms with Gasteiger partial charge in [-0.2, -0.15) is 0 Å². The minimum absolute atomic E-state index is 0.0666. The standard InChI is InChI=1S/C26H29BrClNO5/c1-15(2)18-10-8-16(3)12-23(18)34-26(32)20-7-5-4-6-19(20)25(31)33-14-24(30)29-17-9-11-21(27)22(28)13-17/h4-7,9,11,13,15-16,18,23H,8,10,12,14H2,1-3H3,(H,29,30)/t16-,18+,23-/m1/s1. The van der Waals surface area contributed by atoms with Crippen LogP contribution in [0.1, 0.15) is 60.7 Å². The number of carbonyl (C=O) groups excluding carboxylic acids is 3. The molecule has 0 bridgehead atoms. The van der Waals surface area contributed by atoms with E-state index < -0.39 is 24.5 Å². The van der Waals surface area contributed by atoms with Crippen LogP contribution in [0, 0.1) is 17.8 Å². The van der Waals surface area contributed by atoms with Crippen LogP contribution in [0.3, 0.4) is 0 Å². The average molecular weight is 551 g/mol. The van der Waals surface area contributed by atoms with Crippen LogP contribution in [-0.2, 0) is 14.3 Å². The molecule has 0 saturated heterocycles. The Hall–Kier alpha value is -2.38. The van der Waals surface area contributed by atoms with Crippen molar-refractivity contribution in [2.75, 3.05) is 11.9 Å². The Balaban J connectivity index is 1.64. The van der Waals surface area contributed by atoms with Crippen LogP contribution in [0.5, 0.6) is 0 Å². The zero-order valence-corrected chi connectivity index (χ0v) is 21.8. The Morgan fingerprint density at radius 3 is 2.41 bits per heavy atom. The monoisotopic (exact) mass is 549 g/mol. The van der Waals surface area contributed by atoms with Crippen molar-refractivity contribution in [2.45, 2.75) is 46.1 Å². The first-order valence-corrected chi connectivity index (χ1v) is 12.5. The van der Waals surface area contributed by atoms with E-state index in [4.69, 9.17) is 21.1 Å². The summed E-state index contributed by atoms with van der Waals surface area (Å²) in [6.07, 6.45) is 2.75. The van der Waals surface area contributed by atoms with Crippen LogP contribution in [0.15, 0.2) is 46.9 Å². The first kappa shape index (κ1) is 26.2. The van der Waals surface area contributed by atoms with Crippen molar-refractivity contribution in [3.63, 3.8) is 0 Å². The molecule has 2 aromatic rings. The van der Waals surface area contributed by atoms with Gasteiger partial charge in [0.15, 0.2) is 6.61 Å². The molecule has 3 rings (SSSR count). The molecule has 1 saturated carbocycles. The lowest BCUT2D eigenvalue weighted by atomic mass is 9.75. The van der Waals surface area contributed by atoms with Crippen molar-refractivity contribution in [3.05, 3.63) is 63.1 Å². The van der Waals surface area contributed by atoms with E-state index in [9.17, 15) is 14.4 Å². The van der Waals surface area contributed by atoms with Gasteiger partial charge in [-0.1, -0.05) is 50.9 Å². The molecule has 0 aromatic heterocycles. The molecule has 6 nitrogen and oxygen atoms in total. The zero-order valence-electron chi connectivity index (χ0n) is 19.5. The van der Waals surface area contributed by atoms with Crippen LogP contribution >= 0.6 is 27.5 Å². The van der Waals surface area contributed by atoms with E-state index in [0.29, 0.717) is 27.0 Å². The summed E-state index contributed by atoms with van der Waals surface area (Å²) in [5.74, 6) is -0.685. The quantitative estimate of drug-likeness (QED) is 0.397. The first-order valence-electron chi connectivity index (χ1n) is 11.4. The Bertz CT molecular complexity index is 1060. The molecule has 0 heterocycles. The fraction of sp³-hybridized carbons (Fsp3) is 0.423. The third-order valence-corrected chi connectivity index (χ3v) is 7.36. The number of carbonyl (C=O) groups is 3. The van der Waals surface area contributed by atoms with Crippen molar-refractivity contribution in [1.29, 1.82) is 0 Å². The maximum Gasteiger partial charge on any atom is 0.339 e. The van der Waals surface area contributed by atoms with Gasteiger partial charge in [0.05, 0.1) is 16.1 Å². The summed E-state index contributed by atoms with van der Waals surface area (Å²) in [4.78, 5) is 38.0. The number of benzene rings is 2. The lowest BCUT2D eigenvalue weighted by molar-refractivity contribution is -0.119. The number of esters is 2. The number of halogens is 2. The lowest BCUT2D eigenvalue weighted by Crippen LogP contribution is -2.36. The SMILES string of the molecule is CC(C)[C@@H]1CC[C@@H](C)C[C@H]1OC(=O)c1ccccc1C(=O)OCC(=O)Nc1ccc(Br)c(Cl)c1. The third-order valence-electron chi connectivity index (χ3n) is 6.12. The van der Waals surface area contributed by atoms with Gasteiger partial charge in [0.2, 0.25) is 0 Å². The number of hydrogen-bond acceptors (Lipinski definition) is 5. The van der Waals surface area contributed by atoms with Gasteiger partial charge in [-0.25, -0.2) is 9.59 Å². The maximum absolute atomic E-state index is 13.0. The predicted molar refractivity (Wildman–Crippen MR) is 135 cm³/mol. The zero-order chi connectivity index (χ0) is 24.8. The summed E-state index contributed by atoms with van der Waals surface area (Å²) in [6, 6.07) is 11.3. The number of ether oxygens (including phenoxy) is 2. The molecule has 0 spiro atoms. The molecule has 3 atom stereocenters. The van der Waals surface area contributed by atoms with E-state index in [-0.39, 0.29) is 23.1 Å². The maximum atomic E-state index is 13.0. The Morgan fingerprint density at radius 2 is 1.76 bits per heavy atom. The molecule has 1 N–H and O–H groups in total. The summed E-state index contributed by atoms with van der Waals surface area (Å²) < 4.78 is 11.8. The summed E-state index contributed by atoms with van der Waals surface area (Å²) in [7, 11) is 0. The van der Waals surface area contributed by atoms with E-state index in [1.165, 1.54) is 6.07 Å². The highest BCUT2D eigenvalue weighted by Gasteiger charge is 2.34. The largest absolute Gasteiger partial charge is 0.458 e. The van der Waals surface area contributed by atoms with Crippen LogP contribution in [0.25, 0.3) is 0 Å². The molecule has 1 aliphatic rings. The van der Waals surface area contributed by atoms with Crippen molar-refractivity contribution in [1.82, 2.24) is 0 Å². The van der Waals surface area contributed by atoms with E-state index in [1.54, 1.807) is 36.4 Å². The summed E-state index contributed by atoms with van der Waals surface area (Å²) in [5.41, 5.74) is 0.671. The third kappa shape index (κ3) is 6.83. The summed E-state index contributed by atoms with van der Waals surface area (Å²) >= 11 is 9.31. The molecule has 182 valence electrons. The van der Waals surface area contributed by atoms with E-state index in [2.05, 4.69) is 42.0 Å². The molecule has 1 aliphatic carbocycles. The first-order chi connectivity index (χ1) is 16.2. The fourth-order valence-electron chi connectivity index (χ4n) is 4.27. The van der Waals surface area contributed by atoms with Gasteiger partial charge in [-0.05, 0) is 76.9 Å².